The molecule has 1 atom stereocenters. The number of aromatic amines is 1. The van der Waals surface area contributed by atoms with Gasteiger partial charge in [-0.2, -0.15) is 0 Å². The van der Waals surface area contributed by atoms with Gasteiger partial charge in [0.2, 0.25) is 0 Å². The van der Waals surface area contributed by atoms with E-state index in [0.29, 0.717) is 0 Å². The van der Waals surface area contributed by atoms with E-state index in [1.54, 1.807) is 0 Å². The highest BCUT2D eigenvalue weighted by Crippen LogP contribution is 2.12. The number of rotatable bonds is 2. The third-order valence-corrected chi connectivity index (χ3v) is 3.36. The Hall–Kier alpha value is -2.05. The Morgan fingerprint density at radius 3 is 2.33 bits per heavy atom. The highest BCUT2D eigenvalue weighted by molar-refractivity contribution is 5.70. The Labute approximate surface area is 102 Å². The lowest BCUT2D eigenvalue weighted by molar-refractivity contribution is 0.527. The van der Waals surface area contributed by atoms with E-state index in [2.05, 4.69) is 4.98 Å². The molecule has 2 aromatic heterocycles. The first kappa shape index (κ1) is 12.4. The van der Waals surface area contributed by atoms with Gasteiger partial charge in [0, 0.05) is 20.1 Å². The monoisotopic (exact) mass is 252 g/mol. The van der Waals surface area contributed by atoms with Crippen LogP contribution >= 0.6 is 0 Å². The summed E-state index contributed by atoms with van der Waals surface area (Å²) in [5, 5.41) is 0. The van der Waals surface area contributed by atoms with Crippen LogP contribution in [0.4, 0.5) is 0 Å². The zero-order valence-electron chi connectivity index (χ0n) is 10.9. The van der Waals surface area contributed by atoms with Crippen LogP contribution in [0.2, 0.25) is 0 Å². The molecule has 2 aromatic rings. The summed E-state index contributed by atoms with van der Waals surface area (Å²) < 4.78 is 3.70. The molecule has 0 aliphatic rings. The number of aryl methyl sites for hydroxylation is 1. The van der Waals surface area contributed by atoms with Crippen LogP contribution in [-0.2, 0) is 14.1 Å². The number of nitrogens with zero attached hydrogens (tertiary/aromatic N) is 3. The molecule has 18 heavy (non-hydrogen) atoms. The predicted octanol–water partition coefficient (Wildman–Crippen LogP) is -0.302. The first-order valence-electron chi connectivity index (χ1n) is 5.80. The molecule has 0 saturated heterocycles. The number of H-pyrrole nitrogens is 1. The van der Waals surface area contributed by atoms with Crippen LogP contribution in [0.25, 0.3) is 11.2 Å². The molecular weight excluding hydrogens is 236 g/mol. The van der Waals surface area contributed by atoms with Crippen molar-refractivity contribution in [2.75, 3.05) is 0 Å². The van der Waals surface area contributed by atoms with Gasteiger partial charge in [0.05, 0.1) is 0 Å². The van der Waals surface area contributed by atoms with Gasteiger partial charge < -0.3 is 0 Å². The van der Waals surface area contributed by atoms with Gasteiger partial charge in [0.25, 0.3) is 5.56 Å². The lowest BCUT2D eigenvalue weighted by Crippen LogP contribution is -2.38. The topological polar surface area (TPSA) is 81.8 Å². The molecule has 1 N–H and O–H groups in total. The lowest BCUT2D eigenvalue weighted by atomic mass is 10.2. The van der Waals surface area contributed by atoms with Crippen LogP contribution in [0.1, 0.15) is 26.3 Å². The summed E-state index contributed by atoms with van der Waals surface area (Å²) in [7, 11) is 2.93. The SMILES string of the molecule is CC[C@@H](C)n1c(=O)[nH]c2c1c(=O)n(C)c(=O)n2C. The summed E-state index contributed by atoms with van der Waals surface area (Å²) in [5.41, 5.74) is -0.748. The average molecular weight is 252 g/mol. The molecule has 0 unspecified atom stereocenters. The highest BCUT2D eigenvalue weighted by atomic mass is 16.2. The molecule has 0 fully saturated rings. The molecule has 0 bridgehead atoms. The minimum Gasteiger partial charge on any atom is -0.291 e. The molecule has 0 aliphatic carbocycles. The van der Waals surface area contributed by atoms with Crippen molar-refractivity contribution in [3.05, 3.63) is 31.3 Å². The first-order chi connectivity index (χ1) is 8.40. The number of aromatic nitrogens is 4. The average Bonchev–Trinajstić information content (AvgIpc) is 2.70. The molecule has 98 valence electrons. The van der Waals surface area contributed by atoms with E-state index in [1.807, 2.05) is 13.8 Å². The molecule has 0 saturated carbocycles. The fraction of sp³-hybridized carbons (Fsp3) is 0.545. The Morgan fingerprint density at radius 2 is 1.78 bits per heavy atom. The normalized spacial score (nSPS) is 13.1. The summed E-state index contributed by atoms with van der Waals surface area (Å²) in [5.74, 6) is 0. The smallest absolute Gasteiger partial charge is 0.291 e. The van der Waals surface area contributed by atoms with Crippen molar-refractivity contribution in [2.24, 2.45) is 14.1 Å². The highest BCUT2D eigenvalue weighted by Gasteiger charge is 2.18. The second-order valence-electron chi connectivity index (χ2n) is 4.46. The molecular formula is C11H16N4O3. The summed E-state index contributed by atoms with van der Waals surface area (Å²) in [6, 6.07) is -0.101. The summed E-state index contributed by atoms with van der Waals surface area (Å²) in [6.07, 6.45) is 0.721. The van der Waals surface area contributed by atoms with Gasteiger partial charge in [-0.15, -0.1) is 0 Å². The third kappa shape index (κ3) is 1.47. The number of nitrogens with one attached hydrogen (secondary N) is 1. The van der Waals surface area contributed by atoms with Gasteiger partial charge in [-0.05, 0) is 13.3 Å². The number of hydrogen-bond donors (Lipinski definition) is 1. The van der Waals surface area contributed by atoms with E-state index >= 15 is 0 Å². The Kier molecular flexibility index (Phi) is 2.76. The predicted molar refractivity (Wildman–Crippen MR) is 68.0 cm³/mol. The summed E-state index contributed by atoms with van der Waals surface area (Å²) in [4.78, 5) is 38.4. The molecule has 0 aromatic carbocycles. The van der Waals surface area contributed by atoms with E-state index in [9.17, 15) is 14.4 Å². The van der Waals surface area contributed by atoms with Crippen LogP contribution < -0.4 is 16.9 Å². The van der Waals surface area contributed by atoms with Gasteiger partial charge >= 0.3 is 11.4 Å². The first-order valence-corrected chi connectivity index (χ1v) is 5.80. The number of fused-ring (bicyclic) bond motifs is 1. The van der Waals surface area contributed by atoms with E-state index in [1.165, 1.54) is 23.2 Å². The van der Waals surface area contributed by atoms with Crippen molar-refractivity contribution >= 4 is 11.2 Å². The molecule has 0 spiro atoms. The number of hydrogen-bond acceptors (Lipinski definition) is 3. The van der Waals surface area contributed by atoms with Gasteiger partial charge in [-0.1, -0.05) is 6.92 Å². The molecule has 2 heterocycles. The van der Waals surface area contributed by atoms with Crippen LogP contribution in [0.15, 0.2) is 14.4 Å². The minimum absolute atomic E-state index is 0.101. The fourth-order valence-corrected chi connectivity index (χ4v) is 2.05. The van der Waals surface area contributed by atoms with E-state index in [4.69, 9.17) is 0 Å². The van der Waals surface area contributed by atoms with Gasteiger partial charge in [-0.3, -0.25) is 23.5 Å². The van der Waals surface area contributed by atoms with Crippen LogP contribution in [0.5, 0.6) is 0 Å². The molecule has 0 radical (unpaired) electrons. The molecule has 0 amide bonds. The summed E-state index contributed by atoms with van der Waals surface area (Å²) >= 11 is 0. The minimum atomic E-state index is -0.454. The zero-order valence-corrected chi connectivity index (χ0v) is 10.9. The largest absolute Gasteiger partial charge is 0.332 e. The zero-order chi connectivity index (χ0) is 13.6. The lowest BCUT2D eigenvalue weighted by Gasteiger charge is -2.11. The van der Waals surface area contributed by atoms with Crippen molar-refractivity contribution in [3.8, 4) is 0 Å². The van der Waals surface area contributed by atoms with Crippen molar-refractivity contribution in [3.63, 3.8) is 0 Å². The molecule has 7 heteroatoms. The van der Waals surface area contributed by atoms with E-state index in [-0.39, 0.29) is 22.9 Å². The Bertz CT molecular complexity index is 774. The third-order valence-electron chi connectivity index (χ3n) is 3.36. The maximum atomic E-state index is 12.1. The van der Waals surface area contributed by atoms with Gasteiger partial charge in [0.1, 0.15) is 5.65 Å². The van der Waals surface area contributed by atoms with Crippen molar-refractivity contribution in [1.82, 2.24) is 18.7 Å². The second kappa shape index (κ2) is 4.01. The van der Waals surface area contributed by atoms with Crippen molar-refractivity contribution in [2.45, 2.75) is 26.3 Å². The van der Waals surface area contributed by atoms with Gasteiger partial charge in [0.15, 0.2) is 5.52 Å². The quantitative estimate of drug-likeness (QED) is 0.796. The maximum Gasteiger partial charge on any atom is 0.332 e. The Balaban J connectivity index is 3.09. The van der Waals surface area contributed by atoms with Crippen molar-refractivity contribution < 1.29 is 0 Å². The van der Waals surface area contributed by atoms with Crippen LogP contribution in [0.3, 0.4) is 0 Å². The van der Waals surface area contributed by atoms with E-state index < -0.39 is 11.2 Å². The Morgan fingerprint density at radius 1 is 1.17 bits per heavy atom. The fourth-order valence-electron chi connectivity index (χ4n) is 2.05. The molecule has 2 rings (SSSR count). The standard InChI is InChI=1S/C11H16N4O3/c1-5-6(2)15-7-8(12-10(15)17)13(3)11(18)14(4)9(7)16/h6H,5H2,1-4H3,(H,12,17)/t6-/m1/s1. The maximum absolute atomic E-state index is 12.1. The molecule has 7 nitrogen and oxygen atoms in total. The summed E-state index contributed by atoms with van der Waals surface area (Å²) in [6.45, 7) is 3.79. The van der Waals surface area contributed by atoms with E-state index in [0.717, 1.165) is 11.0 Å². The molecule has 0 aliphatic heterocycles. The number of imidazole rings is 1. The van der Waals surface area contributed by atoms with Crippen LogP contribution in [-0.4, -0.2) is 18.7 Å². The van der Waals surface area contributed by atoms with Crippen LogP contribution in [0, 0.1) is 0 Å². The second-order valence-corrected chi connectivity index (χ2v) is 4.46. The van der Waals surface area contributed by atoms with Crippen molar-refractivity contribution in [1.29, 1.82) is 0 Å². The van der Waals surface area contributed by atoms with Gasteiger partial charge in [-0.25, -0.2) is 9.59 Å².